The summed E-state index contributed by atoms with van der Waals surface area (Å²) in [7, 11) is 0. The Balaban J connectivity index is 0.771. The number of benzene rings is 13. The quantitative estimate of drug-likeness (QED) is 0.0996. The highest BCUT2D eigenvalue weighted by Crippen LogP contribution is 2.42. The van der Waals surface area contributed by atoms with Gasteiger partial charge in [0.25, 0.3) is 0 Å². The molecule has 0 N–H and O–H groups in total. The summed E-state index contributed by atoms with van der Waals surface area (Å²) < 4.78 is 0. The van der Waals surface area contributed by atoms with Crippen LogP contribution in [-0.2, 0) is 0 Å². The van der Waals surface area contributed by atoms with Crippen LogP contribution in [-0.4, -0.2) is 0 Å². The van der Waals surface area contributed by atoms with E-state index in [-0.39, 0.29) is 0 Å². The average Bonchev–Trinajstić information content (AvgIpc) is 3.45. The predicted molar refractivity (Wildman–Crippen MR) is 310 cm³/mol. The maximum Gasteiger partial charge on any atom is 0.0468 e. The Morgan fingerprint density at radius 1 is 0.208 bits per heavy atom. The topological polar surface area (TPSA) is 6.48 Å². The van der Waals surface area contributed by atoms with Crippen LogP contribution in [0.15, 0.2) is 279 Å². The smallest absolute Gasteiger partial charge is 0.0468 e. The first kappa shape index (κ1) is 42.6. The minimum absolute atomic E-state index is 1.10. The lowest BCUT2D eigenvalue weighted by Crippen LogP contribution is -2.09. The van der Waals surface area contributed by atoms with Gasteiger partial charge >= 0.3 is 0 Å². The summed E-state index contributed by atoms with van der Waals surface area (Å²) in [6.45, 7) is 0. The van der Waals surface area contributed by atoms with E-state index in [0.717, 1.165) is 45.3 Å². The number of hydrogen-bond donors (Lipinski definition) is 0. The van der Waals surface area contributed by atoms with E-state index in [1.807, 2.05) is 0 Å². The van der Waals surface area contributed by atoms with Crippen molar-refractivity contribution < 1.29 is 0 Å². The van der Waals surface area contributed by atoms with Crippen LogP contribution >= 0.6 is 0 Å². The molecule has 0 heterocycles. The van der Waals surface area contributed by atoms with Gasteiger partial charge < -0.3 is 9.80 Å². The molecule has 13 aromatic carbocycles. The molecule has 2 nitrogen and oxygen atoms in total. The molecule has 0 spiro atoms. The third-order valence-corrected chi connectivity index (χ3v) is 14.1. The van der Waals surface area contributed by atoms with E-state index in [0.29, 0.717) is 0 Å². The average molecular weight is 917 g/mol. The molecule has 0 aliphatic heterocycles. The minimum atomic E-state index is 1.10. The second-order valence-corrected chi connectivity index (χ2v) is 18.5. The highest BCUT2D eigenvalue weighted by Gasteiger charge is 2.17. The Morgan fingerprint density at radius 3 is 0.986 bits per heavy atom. The monoisotopic (exact) mass is 916 g/mol. The van der Waals surface area contributed by atoms with Gasteiger partial charge in [0, 0.05) is 34.1 Å². The maximum absolute atomic E-state index is 2.35. The van der Waals surface area contributed by atoms with Gasteiger partial charge in [-0.15, -0.1) is 0 Å². The predicted octanol–water partition coefficient (Wildman–Crippen LogP) is 19.9. The SMILES string of the molecule is C(=Cc1ccc2cc(N(c3ccccc3)c3ccc(-c4c5ccccc5cc5ccccc45)cc3)ccc2c1)c1ccc(N(c2ccccc2)c2ccc(-c3c4ccccc4cc4ccccc34)cc2)cc1. The Bertz CT molecular complexity index is 4010. The fourth-order valence-corrected chi connectivity index (χ4v) is 10.7. The van der Waals surface area contributed by atoms with Crippen LogP contribution in [0.2, 0.25) is 0 Å². The molecule has 338 valence electrons. The molecule has 0 unspecified atom stereocenters. The summed E-state index contributed by atoms with van der Waals surface area (Å²) in [5, 5.41) is 12.4. The molecular formula is C70H48N2. The summed E-state index contributed by atoms with van der Waals surface area (Å²) in [6, 6.07) is 101. The van der Waals surface area contributed by atoms with Gasteiger partial charge in [-0.3, -0.25) is 0 Å². The Labute approximate surface area is 420 Å². The van der Waals surface area contributed by atoms with Crippen LogP contribution in [0.4, 0.5) is 34.1 Å². The van der Waals surface area contributed by atoms with Crippen molar-refractivity contribution in [3.8, 4) is 22.3 Å². The van der Waals surface area contributed by atoms with Crippen molar-refractivity contribution in [2.45, 2.75) is 0 Å². The van der Waals surface area contributed by atoms with Crippen molar-refractivity contribution >= 4 is 100 Å². The molecule has 13 aromatic rings. The lowest BCUT2D eigenvalue weighted by atomic mass is 9.92. The fraction of sp³-hybridized carbons (Fsp3) is 0. The second kappa shape index (κ2) is 18.4. The molecule has 0 fully saturated rings. The molecule has 13 rings (SSSR count). The van der Waals surface area contributed by atoms with Gasteiger partial charge in [-0.1, -0.05) is 200 Å². The minimum Gasteiger partial charge on any atom is -0.311 e. The van der Waals surface area contributed by atoms with Crippen LogP contribution in [0, 0.1) is 0 Å². The number of fused-ring (bicyclic) bond motifs is 5. The van der Waals surface area contributed by atoms with E-state index in [1.54, 1.807) is 0 Å². The third kappa shape index (κ3) is 8.01. The zero-order valence-corrected chi connectivity index (χ0v) is 39.6. The summed E-state index contributed by atoms with van der Waals surface area (Å²) in [5.41, 5.74) is 13.9. The van der Waals surface area contributed by atoms with Gasteiger partial charge in [0.05, 0.1) is 0 Å². The first-order chi connectivity index (χ1) is 35.7. The molecule has 0 radical (unpaired) electrons. The first-order valence-corrected chi connectivity index (χ1v) is 24.7. The van der Waals surface area contributed by atoms with Crippen molar-refractivity contribution in [3.63, 3.8) is 0 Å². The zero-order valence-electron chi connectivity index (χ0n) is 39.6. The molecule has 0 aliphatic carbocycles. The normalized spacial score (nSPS) is 11.6. The van der Waals surface area contributed by atoms with Crippen molar-refractivity contribution in [2.24, 2.45) is 0 Å². The molecule has 0 aliphatic rings. The first-order valence-electron chi connectivity index (χ1n) is 24.7. The molecule has 0 bridgehead atoms. The highest BCUT2D eigenvalue weighted by molar-refractivity contribution is 6.14. The molecule has 0 atom stereocenters. The summed E-state index contributed by atoms with van der Waals surface area (Å²) in [5.74, 6) is 0. The highest BCUT2D eigenvalue weighted by atomic mass is 15.1. The van der Waals surface area contributed by atoms with Crippen molar-refractivity contribution in [2.75, 3.05) is 9.80 Å². The number of hydrogen-bond acceptors (Lipinski definition) is 2. The van der Waals surface area contributed by atoms with E-state index in [4.69, 9.17) is 0 Å². The van der Waals surface area contributed by atoms with Gasteiger partial charge in [-0.25, -0.2) is 0 Å². The van der Waals surface area contributed by atoms with E-state index >= 15 is 0 Å². The molecule has 72 heavy (non-hydrogen) atoms. The molecule has 0 saturated carbocycles. The van der Waals surface area contributed by atoms with Crippen LogP contribution in [0.25, 0.3) is 88.3 Å². The number of para-hydroxylation sites is 2. The summed E-state index contributed by atoms with van der Waals surface area (Å²) in [6.07, 6.45) is 4.42. The van der Waals surface area contributed by atoms with Gasteiger partial charge in [-0.05, 0) is 178 Å². The zero-order chi connectivity index (χ0) is 47.8. The van der Waals surface area contributed by atoms with Crippen molar-refractivity contribution in [1.29, 1.82) is 0 Å². The summed E-state index contributed by atoms with van der Waals surface area (Å²) in [4.78, 5) is 4.68. The number of rotatable bonds is 10. The van der Waals surface area contributed by atoms with Crippen LogP contribution in [0.5, 0.6) is 0 Å². The number of nitrogens with zero attached hydrogens (tertiary/aromatic N) is 2. The summed E-state index contributed by atoms with van der Waals surface area (Å²) >= 11 is 0. The van der Waals surface area contributed by atoms with Crippen LogP contribution in [0.1, 0.15) is 11.1 Å². The van der Waals surface area contributed by atoms with Crippen LogP contribution < -0.4 is 9.80 Å². The molecular weight excluding hydrogens is 869 g/mol. The molecule has 0 saturated heterocycles. The lowest BCUT2D eigenvalue weighted by Gasteiger charge is -2.26. The van der Waals surface area contributed by atoms with Crippen LogP contribution in [0.3, 0.4) is 0 Å². The van der Waals surface area contributed by atoms with Gasteiger partial charge in [0.2, 0.25) is 0 Å². The van der Waals surface area contributed by atoms with E-state index in [9.17, 15) is 0 Å². The Hall–Kier alpha value is -9.50. The van der Waals surface area contributed by atoms with Crippen molar-refractivity contribution in [3.05, 3.63) is 290 Å². The van der Waals surface area contributed by atoms with E-state index in [1.165, 1.54) is 76.1 Å². The standard InChI is InChI=1S/C70H48N2/c1-3-19-59(20-4-1)71(62-40-33-51(34-41-62)69-65-23-11-7-15-55(65)46-56-16-8-12-24-66(56)69)61-38-30-49(31-39-61)27-28-50-29-32-54-48-64(44-37-53(54)45-50)72(60-21-5-2-6-22-60)63-42-35-52(36-43-63)70-67-25-13-9-17-57(67)47-58-18-10-14-26-68(58)70/h1-48H. The second-order valence-electron chi connectivity index (χ2n) is 18.5. The fourth-order valence-electron chi connectivity index (χ4n) is 10.7. The van der Waals surface area contributed by atoms with E-state index in [2.05, 4.69) is 301 Å². The molecule has 0 amide bonds. The molecule has 0 aromatic heterocycles. The molecule has 2 heteroatoms. The Morgan fingerprint density at radius 2 is 0.528 bits per heavy atom. The third-order valence-electron chi connectivity index (χ3n) is 14.1. The van der Waals surface area contributed by atoms with Gasteiger partial charge in [-0.2, -0.15) is 0 Å². The van der Waals surface area contributed by atoms with Gasteiger partial charge in [0.1, 0.15) is 0 Å². The number of anilines is 6. The maximum atomic E-state index is 2.35. The van der Waals surface area contributed by atoms with E-state index < -0.39 is 0 Å². The lowest BCUT2D eigenvalue weighted by molar-refractivity contribution is 1.28. The Kier molecular flexibility index (Phi) is 10.9. The largest absolute Gasteiger partial charge is 0.311 e. The van der Waals surface area contributed by atoms with Gasteiger partial charge in [0.15, 0.2) is 0 Å². The van der Waals surface area contributed by atoms with Crippen molar-refractivity contribution in [1.82, 2.24) is 0 Å².